The van der Waals surface area contributed by atoms with Crippen LogP contribution in [0.3, 0.4) is 0 Å². The molecule has 3 aromatic carbocycles. The molecule has 0 radical (unpaired) electrons. The molecule has 1 saturated heterocycles. The third kappa shape index (κ3) is 3.46. The first kappa shape index (κ1) is 19.7. The molecule has 7 heteroatoms. The van der Waals surface area contributed by atoms with Crippen molar-refractivity contribution in [1.29, 1.82) is 0 Å². The lowest BCUT2D eigenvalue weighted by Gasteiger charge is -2.28. The first-order valence-corrected chi connectivity index (χ1v) is 11.0. The van der Waals surface area contributed by atoms with Crippen molar-refractivity contribution in [3.05, 3.63) is 77.9 Å². The lowest BCUT2D eigenvalue weighted by molar-refractivity contribution is -0.122. The van der Waals surface area contributed by atoms with Crippen LogP contribution in [0.2, 0.25) is 0 Å². The smallest absolute Gasteiger partial charge is 0.232 e. The summed E-state index contributed by atoms with van der Waals surface area (Å²) in [7, 11) is 0. The van der Waals surface area contributed by atoms with Gasteiger partial charge in [-0.3, -0.25) is 9.59 Å². The van der Waals surface area contributed by atoms with Gasteiger partial charge in [-0.1, -0.05) is 36.4 Å². The van der Waals surface area contributed by atoms with Gasteiger partial charge in [-0.25, -0.2) is 0 Å². The Morgan fingerprint density at radius 2 is 1.52 bits per heavy atom. The monoisotopic (exact) mass is 442 g/mol. The lowest BCUT2D eigenvalue weighted by atomic mass is 9.87. The summed E-state index contributed by atoms with van der Waals surface area (Å²) in [5.74, 6) is 2.00. The van der Waals surface area contributed by atoms with E-state index in [-0.39, 0.29) is 24.3 Å². The molecule has 3 aromatic rings. The van der Waals surface area contributed by atoms with Gasteiger partial charge in [0.2, 0.25) is 11.8 Å². The highest BCUT2D eigenvalue weighted by molar-refractivity contribution is 5.98. The minimum Gasteiger partial charge on any atom is -0.486 e. The average Bonchev–Trinajstić information content (AvgIpc) is 3.21. The summed E-state index contributed by atoms with van der Waals surface area (Å²) in [6.45, 7) is 1.40. The lowest BCUT2D eigenvalue weighted by Crippen LogP contribution is -2.40. The van der Waals surface area contributed by atoms with E-state index in [1.54, 1.807) is 4.90 Å². The standard InChI is InChI=1S/C26H22N2O5/c29-24-13-16(15-28(24)17-9-10-22-23(14-17)32-12-11-31-22)27-26(30)25-18-5-1-3-7-20(18)33-21-8-4-2-6-19(21)25/h1-10,14,16,25H,11-13,15H2,(H,27,30). The van der Waals surface area contributed by atoms with E-state index in [0.29, 0.717) is 42.8 Å². The molecule has 3 aliphatic heterocycles. The number of rotatable bonds is 3. The molecule has 1 atom stereocenters. The van der Waals surface area contributed by atoms with Crippen LogP contribution in [0, 0.1) is 0 Å². The maximum Gasteiger partial charge on any atom is 0.232 e. The summed E-state index contributed by atoms with van der Waals surface area (Å²) in [5, 5.41) is 3.11. The Morgan fingerprint density at radius 3 is 2.24 bits per heavy atom. The molecule has 3 heterocycles. The Hall–Kier alpha value is -4.00. The Kier molecular flexibility index (Phi) is 4.68. The van der Waals surface area contributed by atoms with Gasteiger partial charge in [-0.15, -0.1) is 0 Å². The van der Waals surface area contributed by atoms with E-state index in [9.17, 15) is 9.59 Å². The van der Waals surface area contributed by atoms with Gasteiger partial charge in [0.25, 0.3) is 0 Å². The third-order valence-corrected chi connectivity index (χ3v) is 6.25. The zero-order chi connectivity index (χ0) is 22.4. The van der Waals surface area contributed by atoms with Gasteiger partial charge in [0.15, 0.2) is 11.5 Å². The van der Waals surface area contributed by atoms with Crippen LogP contribution in [0.25, 0.3) is 0 Å². The second-order valence-electron chi connectivity index (χ2n) is 8.35. The van der Waals surface area contributed by atoms with Crippen LogP contribution < -0.4 is 24.4 Å². The molecule has 1 unspecified atom stereocenters. The molecule has 0 aromatic heterocycles. The van der Waals surface area contributed by atoms with Crippen LogP contribution >= 0.6 is 0 Å². The Morgan fingerprint density at radius 1 is 0.848 bits per heavy atom. The summed E-state index contributed by atoms with van der Waals surface area (Å²) < 4.78 is 17.2. The van der Waals surface area contributed by atoms with Gasteiger partial charge in [0.05, 0.1) is 12.0 Å². The summed E-state index contributed by atoms with van der Waals surface area (Å²) in [5.41, 5.74) is 2.38. The molecule has 166 valence electrons. The van der Waals surface area contributed by atoms with Gasteiger partial charge in [0.1, 0.15) is 24.7 Å². The van der Waals surface area contributed by atoms with Gasteiger partial charge < -0.3 is 24.4 Å². The SMILES string of the molecule is O=C(NC1CC(=O)N(c2ccc3c(c2)OCCO3)C1)C1c2ccccc2Oc2ccccc21. The molecule has 0 saturated carbocycles. The van der Waals surface area contributed by atoms with E-state index in [2.05, 4.69) is 5.32 Å². The molecular formula is C26H22N2O5. The van der Waals surface area contributed by atoms with Crippen molar-refractivity contribution in [3.8, 4) is 23.0 Å². The predicted molar refractivity (Wildman–Crippen MR) is 121 cm³/mol. The minimum atomic E-state index is -0.496. The predicted octanol–water partition coefficient (Wildman–Crippen LogP) is 3.62. The number of nitrogens with one attached hydrogen (secondary N) is 1. The van der Waals surface area contributed by atoms with Crippen molar-refractivity contribution in [2.75, 3.05) is 24.7 Å². The highest BCUT2D eigenvalue weighted by Crippen LogP contribution is 2.44. The molecule has 0 bridgehead atoms. The number of benzene rings is 3. The number of anilines is 1. The fraction of sp³-hybridized carbons (Fsp3) is 0.231. The Balaban J connectivity index is 1.23. The number of fused-ring (bicyclic) bond motifs is 3. The van der Waals surface area contributed by atoms with Crippen LogP contribution in [0.4, 0.5) is 5.69 Å². The van der Waals surface area contributed by atoms with Gasteiger partial charge in [-0.05, 0) is 24.3 Å². The number of nitrogens with zero attached hydrogens (tertiary/aromatic N) is 1. The summed E-state index contributed by atoms with van der Waals surface area (Å²) >= 11 is 0. The molecule has 2 amide bonds. The second-order valence-corrected chi connectivity index (χ2v) is 8.35. The van der Waals surface area contributed by atoms with Crippen LogP contribution in [0.15, 0.2) is 66.7 Å². The van der Waals surface area contributed by atoms with Gasteiger partial charge in [0, 0.05) is 35.8 Å². The van der Waals surface area contributed by atoms with Crippen molar-refractivity contribution >= 4 is 17.5 Å². The number of hydrogen-bond donors (Lipinski definition) is 1. The first-order chi connectivity index (χ1) is 16.2. The highest BCUT2D eigenvalue weighted by Gasteiger charge is 2.37. The number of ether oxygens (including phenoxy) is 3. The topological polar surface area (TPSA) is 77.1 Å². The zero-order valence-electron chi connectivity index (χ0n) is 17.8. The fourth-order valence-electron chi connectivity index (χ4n) is 4.73. The number of amides is 2. The fourth-order valence-corrected chi connectivity index (χ4v) is 4.73. The van der Waals surface area contributed by atoms with Crippen LogP contribution in [-0.4, -0.2) is 37.6 Å². The normalized spacial score (nSPS) is 18.8. The number of para-hydroxylation sites is 2. The molecular weight excluding hydrogens is 420 g/mol. The molecule has 1 N–H and O–H groups in total. The van der Waals surface area contributed by atoms with Crippen LogP contribution in [-0.2, 0) is 9.59 Å². The zero-order valence-corrected chi connectivity index (χ0v) is 17.8. The molecule has 0 aliphatic carbocycles. The summed E-state index contributed by atoms with van der Waals surface area (Å²) in [6, 6.07) is 20.3. The second kappa shape index (κ2) is 7.85. The first-order valence-electron chi connectivity index (χ1n) is 11.0. The maximum atomic E-state index is 13.5. The molecule has 1 fully saturated rings. The molecule has 7 nitrogen and oxygen atoms in total. The number of carbonyl (C=O) groups excluding carboxylic acids is 2. The van der Waals surface area contributed by atoms with Crippen molar-refractivity contribution in [2.24, 2.45) is 0 Å². The quantitative estimate of drug-likeness (QED) is 0.671. The molecule has 0 spiro atoms. The third-order valence-electron chi connectivity index (χ3n) is 6.25. The van der Waals surface area contributed by atoms with Crippen molar-refractivity contribution in [1.82, 2.24) is 5.32 Å². The van der Waals surface area contributed by atoms with Crippen molar-refractivity contribution < 1.29 is 23.8 Å². The molecule has 3 aliphatic rings. The summed E-state index contributed by atoms with van der Waals surface area (Å²) in [6.07, 6.45) is 0.243. The van der Waals surface area contributed by atoms with Crippen molar-refractivity contribution in [2.45, 2.75) is 18.4 Å². The number of carbonyl (C=O) groups is 2. The van der Waals surface area contributed by atoms with Gasteiger partial charge >= 0.3 is 0 Å². The van der Waals surface area contributed by atoms with Crippen molar-refractivity contribution in [3.63, 3.8) is 0 Å². The molecule has 33 heavy (non-hydrogen) atoms. The van der Waals surface area contributed by atoms with E-state index in [1.165, 1.54) is 0 Å². The Bertz CT molecular complexity index is 1210. The number of hydrogen-bond acceptors (Lipinski definition) is 5. The molecule has 6 rings (SSSR count). The van der Waals surface area contributed by atoms with E-state index >= 15 is 0 Å². The van der Waals surface area contributed by atoms with Crippen LogP contribution in [0.5, 0.6) is 23.0 Å². The van der Waals surface area contributed by atoms with E-state index in [1.807, 2.05) is 66.7 Å². The van der Waals surface area contributed by atoms with Gasteiger partial charge in [-0.2, -0.15) is 0 Å². The summed E-state index contributed by atoms with van der Waals surface area (Å²) in [4.78, 5) is 28.0. The highest BCUT2D eigenvalue weighted by atomic mass is 16.6. The van der Waals surface area contributed by atoms with E-state index in [0.717, 1.165) is 16.8 Å². The van der Waals surface area contributed by atoms with E-state index in [4.69, 9.17) is 14.2 Å². The average molecular weight is 442 g/mol. The largest absolute Gasteiger partial charge is 0.486 e. The minimum absolute atomic E-state index is 0.0373. The van der Waals surface area contributed by atoms with Crippen LogP contribution in [0.1, 0.15) is 23.5 Å². The maximum absolute atomic E-state index is 13.5. The Labute approximate surface area is 190 Å². The van der Waals surface area contributed by atoms with E-state index < -0.39 is 5.92 Å².